The van der Waals surface area contributed by atoms with Crippen LogP contribution in [0.4, 0.5) is 0 Å². The second-order valence-electron chi connectivity index (χ2n) is 5.62. The lowest BCUT2D eigenvalue weighted by Gasteiger charge is -2.21. The Hall–Kier alpha value is 0.140. The van der Waals surface area contributed by atoms with Gasteiger partial charge in [-0.3, -0.25) is 0 Å². The van der Waals surface area contributed by atoms with Gasteiger partial charge in [0.15, 0.2) is 5.96 Å². The molecule has 1 atom stereocenters. The van der Waals surface area contributed by atoms with Crippen LogP contribution >= 0.6 is 51.2 Å². The fraction of sp³-hybridized carbons (Fsp3) is 0.706. The number of hydrogen-bond donors (Lipinski definition) is 2. The highest BCUT2D eigenvalue weighted by molar-refractivity contribution is 14.0. The predicted molar refractivity (Wildman–Crippen MR) is 122 cm³/mol. The first-order valence-electron chi connectivity index (χ1n) is 8.60. The van der Waals surface area contributed by atoms with E-state index in [1.54, 1.807) is 11.3 Å². The summed E-state index contributed by atoms with van der Waals surface area (Å²) in [5, 5.41) is 6.85. The van der Waals surface area contributed by atoms with Crippen molar-refractivity contribution in [1.82, 2.24) is 15.5 Å². The van der Waals surface area contributed by atoms with E-state index >= 15 is 0 Å². The van der Waals surface area contributed by atoms with Gasteiger partial charge >= 0.3 is 0 Å². The summed E-state index contributed by atoms with van der Waals surface area (Å²) in [4.78, 5) is 8.43. The molecule has 0 aliphatic heterocycles. The molecule has 1 aromatic rings. The molecule has 0 saturated carbocycles. The van der Waals surface area contributed by atoms with E-state index in [4.69, 9.17) is 0 Å². The Labute approximate surface area is 177 Å². The zero-order valence-electron chi connectivity index (χ0n) is 15.3. The quantitative estimate of drug-likeness (QED) is 0.262. The maximum atomic E-state index is 4.69. The van der Waals surface area contributed by atoms with Crippen LogP contribution in [0, 0.1) is 0 Å². The Kier molecular flexibility index (Phi) is 14.4. The first kappa shape index (κ1) is 24.1. The summed E-state index contributed by atoms with van der Waals surface area (Å²) >= 11 is 5.23. The topological polar surface area (TPSA) is 39.7 Å². The average molecular weight is 531 g/mol. The summed E-state index contributed by atoms with van der Waals surface area (Å²) in [6.07, 6.45) is 2.37. The third-order valence-electron chi connectivity index (χ3n) is 3.76. The van der Waals surface area contributed by atoms with Gasteiger partial charge in [-0.25, -0.2) is 4.99 Å². The summed E-state index contributed by atoms with van der Waals surface area (Å²) in [7, 11) is 0. The van der Waals surface area contributed by atoms with Crippen molar-refractivity contribution in [2.45, 2.75) is 53.1 Å². The fourth-order valence-electron chi connectivity index (χ4n) is 2.38. The van der Waals surface area contributed by atoms with Crippen LogP contribution in [0.2, 0.25) is 0 Å². The zero-order chi connectivity index (χ0) is 17.1. The summed E-state index contributed by atoms with van der Waals surface area (Å²) in [6.45, 7) is 13.8. The van der Waals surface area contributed by atoms with Crippen LogP contribution in [0.3, 0.4) is 0 Å². The molecule has 0 bridgehead atoms. The van der Waals surface area contributed by atoms with Crippen molar-refractivity contribution in [1.29, 1.82) is 0 Å². The second kappa shape index (κ2) is 14.3. The van der Waals surface area contributed by atoms with Crippen LogP contribution in [0.1, 0.15) is 45.4 Å². The minimum Gasteiger partial charge on any atom is -0.357 e. The molecule has 140 valence electrons. The van der Waals surface area contributed by atoms with E-state index in [1.807, 2.05) is 0 Å². The van der Waals surface area contributed by atoms with Gasteiger partial charge in [0, 0.05) is 17.5 Å². The molecule has 1 aromatic heterocycles. The highest BCUT2D eigenvalue weighted by Gasteiger charge is 2.07. The molecule has 0 spiro atoms. The Morgan fingerprint density at radius 1 is 1.29 bits per heavy atom. The van der Waals surface area contributed by atoms with Gasteiger partial charge in [-0.05, 0) is 74.4 Å². The molecule has 0 aliphatic carbocycles. The highest BCUT2D eigenvalue weighted by atomic mass is 127. The normalized spacial score (nSPS) is 12.8. The Morgan fingerprint density at radius 3 is 2.54 bits per heavy atom. The first-order chi connectivity index (χ1) is 11.1. The van der Waals surface area contributed by atoms with Gasteiger partial charge in [0.2, 0.25) is 0 Å². The van der Waals surface area contributed by atoms with Crippen LogP contribution in [-0.2, 0) is 6.54 Å². The van der Waals surface area contributed by atoms with Crippen molar-refractivity contribution in [3.05, 3.63) is 20.8 Å². The average Bonchev–Trinajstić information content (AvgIpc) is 2.95. The van der Waals surface area contributed by atoms with Gasteiger partial charge in [-0.2, -0.15) is 0 Å². The lowest BCUT2D eigenvalue weighted by Crippen LogP contribution is -2.42. The molecule has 0 radical (unpaired) electrons. The van der Waals surface area contributed by atoms with Gasteiger partial charge in [0.1, 0.15) is 0 Å². The number of rotatable bonds is 10. The summed E-state index contributed by atoms with van der Waals surface area (Å²) in [5.41, 5.74) is 0. The zero-order valence-corrected chi connectivity index (χ0v) is 20.0. The SMILES string of the molecule is CCNC(=NCc1ccc(Br)s1)NC(C)CCCN(CC)CC.I. The number of halogens is 2. The number of nitrogens with zero attached hydrogens (tertiary/aromatic N) is 2. The van der Waals surface area contributed by atoms with Crippen LogP contribution in [-0.4, -0.2) is 43.1 Å². The molecule has 1 unspecified atom stereocenters. The van der Waals surface area contributed by atoms with E-state index in [1.165, 1.54) is 17.8 Å². The minimum absolute atomic E-state index is 0. The lowest BCUT2D eigenvalue weighted by molar-refractivity contribution is 0.292. The predicted octanol–water partition coefficient (Wildman–Crippen LogP) is 4.69. The third kappa shape index (κ3) is 10.2. The molecule has 0 fully saturated rings. The fourth-order valence-corrected chi connectivity index (χ4v) is 3.79. The summed E-state index contributed by atoms with van der Waals surface area (Å²) in [6, 6.07) is 4.62. The molecule has 1 rings (SSSR count). The molecule has 24 heavy (non-hydrogen) atoms. The van der Waals surface area contributed by atoms with Crippen LogP contribution < -0.4 is 10.6 Å². The Bertz CT molecular complexity index is 463. The number of aliphatic imine (C=N–C) groups is 1. The number of thiophene rings is 1. The van der Waals surface area contributed by atoms with Gasteiger partial charge in [0.05, 0.1) is 10.3 Å². The molecule has 7 heteroatoms. The van der Waals surface area contributed by atoms with Crippen molar-refractivity contribution in [2.75, 3.05) is 26.2 Å². The number of hydrogen-bond acceptors (Lipinski definition) is 3. The highest BCUT2D eigenvalue weighted by Crippen LogP contribution is 2.22. The number of guanidine groups is 1. The Morgan fingerprint density at radius 2 is 2.00 bits per heavy atom. The van der Waals surface area contributed by atoms with Crippen LogP contribution in [0.5, 0.6) is 0 Å². The van der Waals surface area contributed by atoms with Gasteiger partial charge in [-0.15, -0.1) is 35.3 Å². The first-order valence-corrected chi connectivity index (χ1v) is 10.2. The molecule has 1 heterocycles. The lowest BCUT2D eigenvalue weighted by atomic mass is 10.2. The monoisotopic (exact) mass is 530 g/mol. The van der Waals surface area contributed by atoms with E-state index in [9.17, 15) is 0 Å². The number of nitrogens with one attached hydrogen (secondary N) is 2. The maximum Gasteiger partial charge on any atom is 0.191 e. The van der Waals surface area contributed by atoms with Gasteiger partial charge in [-0.1, -0.05) is 13.8 Å². The third-order valence-corrected chi connectivity index (χ3v) is 5.36. The molecule has 0 saturated heterocycles. The van der Waals surface area contributed by atoms with Crippen molar-refractivity contribution in [3.63, 3.8) is 0 Å². The molecule has 2 N–H and O–H groups in total. The van der Waals surface area contributed by atoms with Gasteiger partial charge < -0.3 is 15.5 Å². The van der Waals surface area contributed by atoms with Crippen molar-refractivity contribution >= 4 is 57.2 Å². The maximum absolute atomic E-state index is 4.69. The van der Waals surface area contributed by atoms with Crippen molar-refractivity contribution in [2.24, 2.45) is 4.99 Å². The van der Waals surface area contributed by atoms with E-state index < -0.39 is 0 Å². The van der Waals surface area contributed by atoms with E-state index in [0.29, 0.717) is 6.04 Å². The minimum atomic E-state index is 0. The van der Waals surface area contributed by atoms with E-state index in [0.717, 1.165) is 42.3 Å². The van der Waals surface area contributed by atoms with E-state index in [2.05, 4.69) is 76.3 Å². The molecule has 0 aromatic carbocycles. The molecular weight excluding hydrogens is 499 g/mol. The smallest absolute Gasteiger partial charge is 0.191 e. The summed E-state index contributed by atoms with van der Waals surface area (Å²) in [5.74, 6) is 0.910. The van der Waals surface area contributed by atoms with E-state index in [-0.39, 0.29) is 24.0 Å². The van der Waals surface area contributed by atoms with Crippen molar-refractivity contribution in [3.8, 4) is 0 Å². The molecular formula is C17H32BrIN4S. The molecule has 0 amide bonds. The van der Waals surface area contributed by atoms with Crippen molar-refractivity contribution < 1.29 is 0 Å². The standard InChI is InChI=1S/C17H31BrN4S.HI/c1-5-19-17(20-13-15-10-11-16(18)23-15)21-14(4)9-8-12-22(6-2)7-3;/h10-11,14H,5-9,12-13H2,1-4H3,(H2,19,20,21);1H. The van der Waals surface area contributed by atoms with Crippen LogP contribution in [0.25, 0.3) is 0 Å². The molecule has 4 nitrogen and oxygen atoms in total. The largest absolute Gasteiger partial charge is 0.357 e. The Balaban J connectivity index is 0.00000529. The summed E-state index contributed by atoms with van der Waals surface area (Å²) < 4.78 is 1.16. The second-order valence-corrected chi connectivity index (χ2v) is 8.16. The molecule has 0 aliphatic rings. The van der Waals surface area contributed by atoms with Gasteiger partial charge in [0.25, 0.3) is 0 Å². The van der Waals surface area contributed by atoms with Crippen LogP contribution in [0.15, 0.2) is 20.9 Å².